The lowest BCUT2D eigenvalue weighted by atomic mass is 9.89. The number of benzene rings is 1. The average molecular weight is 339 g/mol. The highest BCUT2D eigenvalue weighted by Crippen LogP contribution is 2.32. The van der Waals surface area contributed by atoms with Crippen LogP contribution in [0.25, 0.3) is 0 Å². The van der Waals surface area contributed by atoms with Gasteiger partial charge in [-0.3, -0.25) is 10.1 Å². The Balaban J connectivity index is 1.65. The van der Waals surface area contributed by atoms with Crippen LogP contribution < -0.4 is 5.32 Å². The minimum atomic E-state index is -4.43. The van der Waals surface area contributed by atoms with E-state index in [-0.39, 0.29) is 17.5 Å². The molecule has 0 spiro atoms. The number of carbonyl (C=O) groups excluding carboxylic acids is 1. The molecule has 1 heterocycles. The first kappa shape index (κ1) is 16.5. The third kappa shape index (κ3) is 3.74. The number of halogens is 3. The summed E-state index contributed by atoms with van der Waals surface area (Å²) in [7, 11) is 0. The molecule has 128 valence electrons. The summed E-state index contributed by atoms with van der Waals surface area (Å²) in [5, 5.41) is 10.2. The lowest BCUT2D eigenvalue weighted by molar-refractivity contribution is -0.137. The number of nitrogens with zero attached hydrogens (tertiary/aromatic N) is 2. The van der Waals surface area contributed by atoms with Crippen LogP contribution in [0.4, 0.5) is 19.2 Å². The number of alkyl halides is 3. The Morgan fingerprint density at radius 3 is 2.38 bits per heavy atom. The second-order valence-corrected chi connectivity index (χ2v) is 5.81. The van der Waals surface area contributed by atoms with E-state index >= 15 is 0 Å². The van der Waals surface area contributed by atoms with Crippen LogP contribution in [-0.2, 0) is 6.18 Å². The van der Waals surface area contributed by atoms with E-state index in [9.17, 15) is 18.0 Å². The highest BCUT2D eigenvalue weighted by molar-refractivity contribution is 6.03. The average Bonchev–Trinajstić information content (AvgIpc) is 3.03. The third-order valence-corrected chi connectivity index (χ3v) is 4.09. The van der Waals surface area contributed by atoms with Crippen LogP contribution in [0.5, 0.6) is 0 Å². The molecule has 1 saturated carbocycles. The summed E-state index contributed by atoms with van der Waals surface area (Å²) in [6, 6.07) is 3.89. The van der Waals surface area contributed by atoms with Gasteiger partial charge in [-0.1, -0.05) is 24.4 Å². The Hall–Kier alpha value is -2.38. The van der Waals surface area contributed by atoms with E-state index in [1.165, 1.54) is 6.42 Å². The minimum absolute atomic E-state index is 0.0412. The molecule has 1 amide bonds. The smallest absolute Gasteiger partial charge is 0.408 e. The third-order valence-electron chi connectivity index (χ3n) is 4.09. The van der Waals surface area contributed by atoms with Crippen molar-refractivity contribution in [2.24, 2.45) is 0 Å². The molecule has 1 fully saturated rings. The van der Waals surface area contributed by atoms with E-state index in [1.54, 1.807) is 0 Å². The molecule has 0 atom stereocenters. The second-order valence-electron chi connectivity index (χ2n) is 5.81. The molecule has 5 nitrogen and oxygen atoms in total. The maximum absolute atomic E-state index is 12.5. The number of rotatable bonds is 3. The van der Waals surface area contributed by atoms with Gasteiger partial charge in [-0.05, 0) is 37.1 Å². The molecule has 0 radical (unpaired) electrons. The van der Waals surface area contributed by atoms with Gasteiger partial charge in [0.2, 0.25) is 5.89 Å². The molecule has 8 heteroatoms. The quantitative estimate of drug-likeness (QED) is 0.900. The minimum Gasteiger partial charge on any atom is -0.408 e. The van der Waals surface area contributed by atoms with Crippen molar-refractivity contribution in [2.75, 3.05) is 5.32 Å². The van der Waals surface area contributed by atoms with Crippen molar-refractivity contribution in [2.45, 2.75) is 44.2 Å². The lowest BCUT2D eigenvalue weighted by Gasteiger charge is -2.17. The van der Waals surface area contributed by atoms with Crippen LogP contribution in [0.1, 0.15) is 59.8 Å². The highest BCUT2D eigenvalue weighted by Gasteiger charge is 2.30. The number of anilines is 1. The van der Waals surface area contributed by atoms with Gasteiger partial charge in [0.1, 0.15) is 0 Å². The molecule has 0 aliphatic heterocycles. The first-order valence-corrected chi connectivity index (χ1v) is 7.75. The summed E-state index contributed by atoms with van der Waals surface area (Å²) < 4.78 is 43.0. The van der Waals surface area contributed by atoms with E-state index < -0.39 is 17.6 Å². The van der Waals surface area contributed by atoms with Gasteiger partial charge in [-0.2, -0.15) is 13.2 Å². The molecule has 1 aliphatic rings. The van der Waals surface area contributed by atoms with Gasteiger partial charge in [0.25, 0.3) is 5.91 Å². The summed E-state index contributed by atoms with van der Waals surface area (Å²) in [5.74, 6) is 0.114. The maximum Gasteiger partial charge on any atom is 0.416 e. The van der Waals surface area contributed by atoms with Crippen molar-refractivity contribution < 1.29 is 22.4 Å². The Morgan fingerprint density at radius 1 is 1.08 bits per heavy atom. The summed E-state index contributed by atoms with van der Waals surface area (Å²) in [6.45, 7) is 0. The molecule has 0 unspecified atom stereocenters. The fourth-order valence-corrected chi connectivity index (χ4v) is 2.78. The van der Waals surface area contributed by atoms with Crippen molar-refractivity contribution in [1.29, 1.82) is 0 Å². The normalized spacial score (nSPS) is 16.1. The van der Waals surface area contributed by atoms with Crippen molar-refractivity contribution in [1.82, 2.24) is 10.2 Å². The number of aromatic nitrogens is 2. The number of hydrogen-bond acceptors (Lipinski definition) is 4. The zero-order valence-corrected chi connectivity index (χ0v) is 12.8. The molecule has 1 N–H and O–H groups in total. The first-order chi connectivity index (χ1) is 11.4. The van der Waals surface area contributed by atoms with Crippen LogP contribution in [0.15, 0.2) is 28.7 Å². The predicted molar refractivity (Wildman–Crippen MR) is 79.5 cm³/mol. The fraction of sp³-hybridized carbons (Fsp3) is 0.438. The SMILES string of the molecule is O=C(Nc1nnc(C2CCCCC2)o1)c1ccc(C(F)(F)F)cc1. The Morgan fingerprint density at radius 2 is 1.75 bits per heavy atom. The molecule has 3 rings (SSSR count). The molecule has 1 aromatic heterocycles. The second kappa shape index (κ2) is 6.62. The summed E-state index contributed by atoms with van der Waals surface area (Å²) in [5.41, 5.74) is -0.725. The Kier molecular flexibility index (Phi) is 4.55. The number of amides is 1. The molecular weight excluding hydrogens is 323 g/mol. The van der Waals surface area contributed by atoms with Crippen LogP contribution in [-0.4, -0.2) is 16.1 Å². The molecule has 2 aromatic rings. The monoisotopic (exact) mass is 339 g/mol. The number of nitrogens with one attached hydrogen (secondary N) is 1. The van der Waals surface area contributed by atoms with Gasteiger partial charge in [-0.15, -0.1) is 5.10 Å². The van der Waals surface area contributed by atoms with Crippen LogP contribution >= 0.6 is 0 Å². The van der Waals surface area contributed by atoms with Gasteiger partial charge in [0.05, 0.1) is 5.56 Å². The summed E-state index contributed by atoms with van der Waals surface area (Å²) in [6.07, 6.45) is 0.947. The van der Waals surface area contributed by atoms with Gasteiger partial charge >= 0.3 is 12.2 Å². The zero-order valence-electron chi connectivity index (χ0n) is 12.8. The van der Waals surface area contributed by atoms with Crippen molar-refractivity contribution in [3.63, 3.8) is 0 Å². The van der Waals surface area contributed by atoms with Gasteiger partial charge in [-0.25, -0.2) is 0 Å². The van der Waals surface area contributed by atoms with Crippen LogP contribution in [0.3, 0.4) is 0 Å². The van der Waals surface area contributed by atoms with Crippen molar-refractivity contribution in [3.8, 4) is 0 Å². The van der Waals surface area contributed by atoms with E-state index in [0.717, 1.165) is 49.9 Å². The summed E-state index contributed by atoms with van der Waals surface area (Å²) >= 11 is 0. The van der Waals surface area contributed by atoms with E-state index in [0.29, 0.717) is 5.89 Å². The summed E-state index contributed by atoms with van der Waals surface area (Å²) in [4.78, 5) is 12.0. The molecule has 24 heavy (non-hydrogen) atoms. The standard InChI is InChI=1S/C16H16F3N3O2/c17-16(18,19)12-8-6-10(7-9-12)13(23)20-15-22-21-14(24-15)11-4-2-1-3-5-11/h6-9,11H,1-5H2,(H,20,22,23). The molecule has 0 bridgehead atoms. The predicted octanol–water partition coefficient (Wildman–Crippen LogP) is 4.39. The molecular formula is C16H16F3N3O2. The van der Waals surface area contributed by atoms with Crippen molar-refractivity contribution in [3.05, 3.63) is 41.3 Å². The molecule has 1 aliphatic carbocycles. The Bertz CT molecular complexity index is 704. The van der Waals surface area contributed by atoms with Gasteiger partial charge < -0.3 is 4.42 Å². The zero-order chi connectivity index (χ0) is 17.2. The van der Waals surface area contributed by atoms with E-state index in [4.69, 9.17) is 4.42 Å². The van der Waals surface area contributed by atoms with Gasteiger partial charge in [0, 0.05) is 11.5 Å². The van der Waals surface area contributed by atoms with Crippen LogP contribution in [0.2, 0.25) is 0 Å². The molecule has 0 saturated heterocycles. The van der Waals surface area contributed by atoms with E-state index in [2.05, 4.69) is 15.5 Å². The van der Waals surface area contributed by atoms with Crippen LogP contribution in [0, 0.1) is 0 Å². The van der Waals surface area contributed by atoms with E-state index in [1.807, 2.05) is 0 Å². The highest BCUT2D eigenvalue weighted by atomic mass is 19.4. The maximum atomic E-state index is 12.5. The molecule has 1 aromatic carbocycles. The first-order valence-electron chi connectivity index (χ1n) is 7.75. The largest absolute Gasteiger partial charge is 0.416 e. The lowest BCUT2D eigenvalue weighted by Crippen LogP contribution is -2.13. The number of carbonyl (C=O) groups is 1. The topological polar surface area (TPSA) is 68.0 Å². The number of hydrogen-bond donors (Lipinski definition) is 1. The van der Waals surface area contributed by atoms with Gasteiger partial charge in [0.15, 0.2) is 0 Å². The fourth-order valence-electron chi connectivity index (χ4n) is 2.78. The van der Waals surface area contributed by atoms with Crippen molar-refractivity contribution >= 4 is 11.9 Å². The Labute approximate surface area is 136 Å².